The summed E-state index contributed by atoms with van der Waals surface area (Å²) in [6, 6.07) is 68.8. The number of aromatic nitrogens is 2. The minimum Gasteiger partial charge on any atom is -0.509 e. The molecule has 1 aliphatic heterocycles. The molecule has 10 aromatic rings. The summed E-state index contributed by atoms with van der Waals surface area (Å²) in [6.07, 6.45) is 1.93. The predicted molar refractivity (Wildman–Crippen MR) is 325 cm³/mol. The van der Waals surface area contributed by atoms with E-state index in [1.807, 2.05) is 24.4 Å². The van der Waals surface area contributed by atoms with Crippen LogP contribution in [0.1, 0.15) is 132 Å². The van der Waals surface area contributed by atoms with Crippen LogP contribution in [0, 0.1) is 12.1 Å². The van der Waals surface area contributed by atoms with Crippen LogP contribution in [0.5, 0.6) is 11.5 Å². The first-order valence-electron chi connectivity index (χ1n) is 27.3. The van der Waals surface area contributed by atoms with E-state index in [1.54, 1.807) is 0 Å². The van der Waals surface area contributed by atoms with Gasteiger partial charge in [-0.25, -0.2) is 4.98 Å². The third-order valence-corrected chi connectivity index (χ3v) is 15.4. The van der Waals surface area contributed by atoms with Gasteiger partial charge in [-0.1, -0.05) is 211 Å². The van der Waals surface area contributed by atoms with E-state index in [1.165, 1.54) is 55.3 Å². The predicted octanol–water partition coefficient (Wildman–Crippen LogP) is 19.4. The van der Waals surface area contributed by atoms with E-state index in [0.29, 0.717) is 11.5 Å². The van der Waals surface area contributed by atoms with E-state index >= 15 is 0 Å². The maximum absolute atomic E-state index is 6.87. The summed E-state index contributed by atoms with van der Waals surface area (Å²) in [5.74, 6) is 1.99. The first-order valence-corrected chi connectivity index (χ1v) is 27.3. The SMILES string of the molecule is CC(C)(C)c1cc(-c2ccc3c(c2)c2ccc(Oc4[c-]c([N+]5=C=[N+](c6cc(C(C)(C)C)cc(C(C)(C)C)c6)c6c(-c7cccc8ccccc78)cccc65)ccc4)[c-]c2n3-c2cc(C(C)(C)C)ccn2)cc(C(C)(C)C)c1.[Pt+2]. The molecule has 0 N–H and O–H groups in total. The largest absolute Gasteiger partial charge is 2.00 e. The molecule has 0 bridgehead atoms. The van der Waals surface area contributed by atoms with Crippen molar-refractivity contribution in [2.24, 2.45) is 0 Å². The normalized spacial score (nSPS) is 13.2. The maximum atomic E-state index is 6.87. The molecule has 0 spiro atoms. The molecule has 0 aliphatic carbocycles. The molecule has 0 saturated carbocycles. The molecule has 5 nitrogen and oxygen atoms in total. The van der Waals surface area contributed by atoms with Gasteiger partial charge in [-0.15, -0.1) is 23.6 Å². The van der Waals surface area contributed by atoms with Crippen molar-refractivity contribution in [3.05, 3.63) is 204 Å². The number of benzene rings is 8. The van der Waals surface area contributed by atoms with Gasteiger partial charge in [-0.2, -0.15) is 12.1 Å². The second kappa shape index (κ2) is 19.6. The summed E-state index contributed by atoms with van der Waals surface area (Å²) in [7, 11) is 0. The fourth-order valence-electron chi connectivity index (χ4n) is 10.6. The molecule has 0 radical (unpaired) electrons. The maximum Gasteiger partial charge on any atom is 2.00 e. The minimum absolute atomic E-state index is 0. The van der Waals surface area contributed by atoms with Gasteiger partial charge in [0, 0.05) is 41.4 Å². The van der Waals surface area contributed by atoms with Gasteiger partial charge >= 0.3 is 32.8 Å². The van der Waals surface area contributed by atoms with Crippen molar-refractivity contribution in [3.8, 4) is 39.6 Å². The Bertz CT molecular complexity index is 4000. The number of fused-ring (bicyclic) bond motifs is 5. The number of hydrogen-bond donors (Lipinski definition) is 0. The number of ether oxygens (including phenoxy) is 1. The van der Waals surface area contributed by atoms with Gasteiger partial charge in [0.1, 0.15) is 11.5 Å². The number of rotatable bonds is 7. The molecular weight excluding hydrogens is 1130 g/mol. The van der Waals surface area contributed by atoms with Gasteiger partial charge in [0.15, 0.2) is 0 Å². The zero-order valence-corrected chi connectivity index (χ0v) is 50.4. The quantitative estimate of drug-likeness (QED) is 0.118. The van der Waals surface area contributed by atoms with E-state index in [0.717, 1.165) is 55.9 Å². The average molecular weight is 1200 g/mol. The number of pyridine rings is 1. The van der Waals surface area contributed by atoms with Gasteiger partial charge in [-0.3, -0.25) is 0 Å². The summed E-state index contributed by atoms with van der Waals surface area (Å²) in [5.41, 5.74) is 16.7. The van der Waals surface area contributed by atoms with Crippen LogP contribution >= 0.6 is 0 Å². The van der Waals surface area contributed by atoms with E-state index in [2.05, 4.69) is 275 Å². The fourth-order valence-corrected chi connectivity index (χ4v) is 10.6. The average Bonchev–Trinajstić information content (AvgIpc) is 4.11. The summed E-state index contributed by atoms with van der Waals surface area (Å²) in [4.78, 5) is 5.02. The van der Waals surface area contributed by atoms with Gasteiger partial charge in [0.25, 0.3) is 5.69 Å². The fraction of sp³-hybridized carbons (Fsp3) is 0.278. The van der Waals surface area contributed by atoms with Crippen molar-refractivity contribution in [2.45, 2.75) is 131 Å². The molecule has 0 saturated heterocycles. The van der Waals surface area contributed by atoms with Crippen LogP contribution in [-0.4, -0.2) is 15.6 Å². The van der Waals surface area contributed by atoms with E-state index in [4.69, 9.17) is 9.72 Å². The Morgan fingerprint density at radius 1 is 0.462 bits per heavy atom. The summed E-state index contributed by atoms with van der Waals surface area (Å²) >= 11 is 0. The monoisotopic (exact) mass is 1200 g/mol. The Labute approximate surface area is 477 Å². The zero-order valence-electron chi connectivity index (χ0n) is 48.1. The van der Waals surface area contributed by atoms with Gasteiger partial charge in [0.05, 0.1) is 5.56 Å². The molecule has 0 amide bonds. The minimum atomic E-state index is -0.0771. The molecular formula is C72H72N4OPt+2. The van der Waals surface area contributed by atoms with Crippen LogP contribution in [0.3, 0.4) is 0 Å². The molecule has 6 heteroatoms. The Balaban J connectivity index is 0.00000688. The molecule has 1 aliphatic rings. The number of hydrogen-bond acceptors (Lipinski definition) is 2. The number of nitrogens with zero attached hydrogens (tertiary/aromatic N) is 4. The van der Waals surface area contributed by atoms with Crippen LogP contribution < -0.4 is 13.9 Å². The first-order chi connectivity index (χ1) is 36.3. The Hall–Kier alpha value is -7.16. The van der Waals surface area contributed by atoms with Crippen molar-refractivity contribution in [2.75, 3.05) is 0 Å². The van der Waals surface area contributed by atoms with E-state index < -0.39 is 0 Å². The van der Waals surface area contributed by atoms with Crippen molar-refractivity contribution >= 4 is 61.3 Å². The summed E-state index contributed by atoms with van der Waals surface area (Å²) in [6.45, 7) is 34.3. The molecule has 394 valence electrons. The third-order valence-electron chi connectivity index (χ3n) is 15.4. The Morgan fingerprint density at radius 2 is 1.05 bits per heavy atom. The second-order valence-electron chi connectivity index (χ2n) is 26.3. The van der Waals surface area contributed by atoms with Crippen LogP contribution in [-0.2, 0) is 48.1 Å². The van der Waals surface area contributed by atoms with E-state index in [9.17, 15) is 0 Å². The third kappa shape index (κ3) is 10.2. The van der Waals surface area contributed by atoms with Gasteiger partial charge in [-0.05, 0) is 117 Å². The first kappa shape index (κ1) is 54.2. The molecule has 8 aromatic carbocycles. The molecule has 2 aromatic heterocycles. The smallest absolute Gasteiger partial charge is 0.509 e. The summed E-state index contributed by atoms with van der Waals surface area (Å²) < 4.78 is 13.5. The summed E-state index contributed by atoms with van der Waals surface area (Å²) in [5, 5.41) is 4.60. The van der Waals surface area contributed by atoms with Gasteiger partial charge < -0.3 is 9.30 Å². The molecule has 0 unspecified atom stereocenters. The van der Waals surface area contributed by atoms with Crippen molar-refractivity contribution in [1.29, 1.82) is 0 Å². The second-order valence-corrected chi connectivity index (χ2v) is 26.3. The van der Waals surface area contributed by atoms with E-state index in [-0.39, 0.29) is 48.1 Å². The van der Waals surface area contributed by atoms with Gasteiger partial charge in [0.2, 0.25) is 5.69 Å². The Morgan fingerprint density at radius 3 is 1.72 bits per heavy atom. The Kier molecular flexibility index (Phi) is 13.6. The molecule has 3 heterocycles. The van der Waals surface area contributed by atoms with Crippen molar-refractivity contribution in [1.82, 2.24) is 18.7 Å². The van der Waals surface area contributed by atoms with Crippen LogP contribution in [0.2, 0.25) is 0 Å². The standard InChI is InChI=1S/C72H72N4O.Pt/c1-68(2,3)49-33-34-73-66(42-49)76-63-32-29-47(48-35-50(69(4,5)6)38-51(36-48)70(7,8)9)37-62(63)60-31-30-57(44-65(60)76)77-56-24-19-23-54(43-56)74-45-75(55-40-52(71(10,11)12)39-53(41-55)72(13,14)15)67-61(27-20-28-64(67)74)59-26-18-22-46-21-16-17-25-58(46)59;/h16-42H,1-15H3;/q;+2. The zero-order chi connectivity index (χ0) is 54.6. The van der Waals surface area contributed by atoms with Crippen LogP contribution in [0.25, 0.3) is 60.6 Å². The van der Waals surface area contributed by atoms with Crippen LogP contribution in [0.15, 0.2) is 164 Å². The van der Waals surface area contributed by atoms with Crippen molar-refractivity contribution < 1.29 is 25.8 Å². The van der Waals surface area contributed by atoms with Crippen molar-refractivity contribution in [3.63, 3.8) is 0 Å². The molecule has 0 atom stereocenters. The van der Waals surface area contributed by atoms with Crippen LogP contribution in [0.4, 0.5) is 22.7 Å². The number of para-hydroxylation sites is 1. The molecule has 78 heavy (non-hydrogen) atoms. The topological polar surface area (TPSA) is 33.1 Å². The molecule has 11 rings (SSSR count). The molecule has 0 fully saturated rings.